The molecule has 1 fully saturated rings. The lowest BCUT2D eigenvalue weighted by Gasteiger charge is -2.29. The minimum Gasteiger partial charge on any atom is -0.460 e. The molecule has 23 heteroatoms. The van der Waals surface area contributed by atoms with Crippen LogP contribution in [-0.2, 0) is 90.1 Å². The number of aryl methyl sites for hydroxylation is 3. The lowest BCUT2D eigenvalue weighted by Crippen LogP contribution is -2.36. The standard InChI is InChI=1S/C28H34N4O2.C25H25FN4O.C24H23FN4O.C24H26N4O/c1-19-7-9-22(10-8-19)17-29-25-11-13-26(14-12-25)34-28-31-18-30-27(32-28)16-24-6-4-5-23(21(24)3)15-20(2)33;1-17-3-6-20(7-4-17)21-9-11-30(12-10-21)25-28-16-27-24(29-25)15-19-5-8-23(26)22(14-19)13-18(2)31;1-17(30)13-21-14-18(7-8-22(21)25)15-23-26-16-27-24(28-23)29-11-9-20(10-12-29)19-5-3-2-4-6-19;1-16-7-8-22-14-28(10-9-21(22)11-16)24-26-15-25-23(27-24)13-20-6-4-5-19(18(20)3)12-17(2)29/h4-10,18,25-26,29H,11-17H2,1-3H3;3-9,14,16H,10-13,15H2,1-2H3;2-9,14,16H,10-13,15H2,1H3;4-8,11,15H,9-10,12-14H2,1-3H3. The van der Waals surface area contributed by atoms with Gasteiger partial charge < -0.3 is 24.8 Å². The molecule has 8 aromatic carbocycles. The third-order valence-electron chi connectivity index (χ3n) is 22.8. The largest absolute Gasteiger partial charge is 0.460 e. The third kappa shape index (κ3) is 25.8. The number of ketones is 4. The molecule has 1 saturated carbocycles. The van der Waals surface area contributed by atoms with Gasteiger partial charge in [-0.25, -0.2) is 43.7 Å². The summed E-state index contributed by atoms with van der Waals surface area (Å²) in [5.74, 6) is 4.20. The van der Waals surface area contributed by atoms with Crippen LogP contribution in [0.5, 0.6) is 6.01 Å². The number of hydrogen-bond donors (Lipinski definition) is 1. The molecule has 1 aliphatic carbocycles. The first-order valence-corrected chi connectivity index (χ1v) is 42.7. The van der Waals surface area contributed by atoms with Crippen molar-refractivity contribution in [2.75, 3.05) is 47.4 Å². The van der Waals surface area contributed by atoms with Crippen LogP contribution in [0.2, 0.25) is 0 Å². The number of nitrogens with zero attached hydrogens (tertiary/aromatic N) is 15. The molecule has 7 heterocycles. The lowest BCUT2D eigenvalue weighted by molar-refractivity contribution is -0.117. The van der Waals surface area contributed by atoms with Crippen molar-refractivity contribution in [3.05, 3.63) is 342 Å². The van der Waals surface area contributed by atoms with E-state index < -0.39 is 0 Å². The molecule has 0 unspecified atom stereocenters. The minimum absolute atomic E-state index is 0.0679. The summed E-state index contributed by atoms with van der Waals surface area (Å²) in [4.78, 5) is 106. The predicted molar refractivity (Wildman–Crippen MR) is 481 cm³/mol. The Morgan fingerprint density at radius 2 is 0.823 bits per heavy atom. The lowest BCUT2D eigenvalue weighted by atomic mass is 9.93. The maximum Gasteiger partial charge on any atom is 0.319 e. The van der Waals surface area contributed by atoms with Crippen LogP contribution in [0.4, 0.5) is 26.6 Å². The molecule has 636 valence electrons. The van der Waals surface area contributed by atoms with E-state index in [0.29, 0.717) is 91.1 Å². The fourth-order valence-electron chi connectivity index (χ4n) is 15.9. The number of aromatic nitrogens is 12. The zero-order valence-corrected chi connectivity index (χ0v) is 72.3. The van der Waals surface area contributed by atoms with Gasteiger partial charge in [-0.15, -0.1) is 0 Å². The van der Waals surface area contributed by atoms with Crippen molar-refractivity contribution in [1.29, 1.82) is 0 Å². The van der Waals surface area contributed by atoms with Crippen molar-refractivity contribution in [1.82, 2.24) is 65.1 Å². The zero-order valence-electron chi connectivity index (χ0n) is 72.3. The molecule has 4 aromatic heterocycles. The SMILES string of the molecule is CC(=O)Cc1cc(Cc2ncnc(N3CC=C(c4ccc(C)cc4)CC3)n2)ccc1F.CC(=O)Cc1cc(Cc2ncnc(N3CC=C(c4ccccc4)CC3)n2)ccc1F.CC(=O)Cc1cccc(Cc2ncnc(N3CCc4cc(C)ccc4C3)n2)c1C.CC(=O)Cc1cccc(Cc2ncnc(OC3CCC(NCc4ccc(C)cc4)CC3)n2)c1C. The summed E-state index contributed by atoms with van der Waals surface area (Å²) in [5, 5.41) is 3.68. The smallest absolute Gasteiger partial charge is 0.319 e. The van der Waals surface area contributed by atoms with E-state index in [2.05, 4.69) is 225 Å². The molecule has 124 heavy (non-hydrogen) atoms. The number of Topliss-reactive ketones (excluding diaryl/α,β-unsaturated/α-hetero) is 4. The van der Waals surface area contributed by atoms with E-state index in [1.54, 1.807) is 44.4 Å². The van der Waals surface area contributed by atoms with Crippen molar-refractivity contribution < 1.29 is 32.7 Å². The van der Waals surface area contributed by atoms with Gasteiger partial charge in [-0.2, -0.15) is 24.9 Å². The highest BCUT2D eigenvalue weighted by atomic mass is 19.1. The molecule has 0 bridgehead atoms. The predicted octanol–water partition coefficient (Wildman–Crippen LogP) is 16.8. The summed E-state index contributed by atoms with van der Waals surface area (Å²) < 4.78 is 34.0. The van der Waals surface area contributed by atoms with Gasteiger partial charge in [0.05, 0.1) is 0 Å². The van der Waals surface area contributed by atoms with Crippen LogP contribution < -0.4 is 24.8 Å². The second-order valence-corrected chi connectivity index (χ2v) is 32.8. The van der Waals surface area contributed by atoms with Crippen molar-refractivity contribution in [3.8, 4) is 6.01 Å². The molecule has 21 nitrogen and oxygen atoms in total. The van der Waals surface area contributed by atoms with Crippen molar-refractivity contribution in [2.45, 2.75) is 184 Å². The monoisotopic (exact) mass is 1660 g/mol. The fourth-order valence-corrected chi connectivity index (χ4v) is 15.9. The van der Waals surface area contributed by atoms with Gasteiger partial charge in [0, 0.05) is 103 Å². The maximum absolute atomic E-state index is 13.9. The summed E-state index contributed by atoms with van der Waals surface area (Å²) >= 11 is 0. The van der Waals surface area contributed by atoms with Crippen LogP contribution in [0, 0.1) is 46.3 Å². The second kappa shape index (κ2) is 43.2. The molecule has 16 rings (SSSR count). The van der Waals surface area contributed by atoms with Crippen LogP contribution in [0.1, 0.15) is 190 Å². The summed E-state index contributed by atoms with van der Waals surface area (Å²) in [7, 11) is 0. The number of carbonyl (C=O) groups excluding carboxylic acids is 4. The number of ether oxygens (including phenoxy) is 1. The molecule has 0 radical (unpaired) electrons. The Bertz CT molecular complexity index is 5780. The Hall–Kier alpha value is -13.0. The van der Waals surface area contributed by atoms with Gasteiger partial charge >= 0.3 is 6.01 Å². The summed E-state index contributed by atoms with van der Waals surface area (Å²) in [6, 6.07) is 57.1. The van der Waals surface area contributed by atoms with E-state index >= 15 is 0 Å². The Labute approximate surface area is 725 Å². The van der Waals surface area contributed by atoms with Crippen LogP contribution >= 0.6 is 0 Å². The number of fused-ring (bicyclic) bond motifs is 1. The molecular weight excluding hydrogens is 1560 g/mol. The third-order valence-corrected chi connectivity index (χ3v) is 22.8. The van der Waals surface area contributed by atoms with Crippen LogP contribution in [0.25, 0.3) is 11.1 Å². The van der Waals surface area contributed by atoms with E-state index in [1.165, 1.54) is 101 Å². The van der Waals surface area contributed by atoms with E-state index in [1.807, 2.05) is 30.3 Å². The topological polar surface area (TPSA) is 254 Å². The Morgan fingerprint density at radius 1 is 0.395 bits per heavy atom. The molecule has 0 saturated heterocycles. The highest BCUT2D eigenvalue weighted by molar-refractivity contribution is 5.80. The zero-order chi connectivity index (χ0) is 87.0. The van der Waals surface area contributed by atoms with Gasteiger partial charge in [0.25, 0.3) is 0 Å². The average molecular weight is 1660 g/mol. The number of rotatable bonds is 26. The second-order valence-electron chi connectivity index (χ2n) is 32.8. The van der Waals surface area contributed by atoms with Crippen LogP contribution in [0.3, 0.4) is 0 Å². The van der Waals surface area contributed by atoms with Crippen LogP contribution in [0.15, 0.2) is 207 Å². The summed E-state index contributed by atoms with van der Waals surface area (Å²) in [5.41, 5.74) is 22.4. The molecule has 4 aliphatic rings. The number of hydrogen-bond acceptors (Lipinski definition) is 21. The van der Waals surface area contributed by atoms with Crippen molar-refractivity contribution in [3.63, 3.8) is 0 Å². The normalized spacial score (nSPS) is 14.8. The quantitative estimate of drug-likeness (QED) is 0.0528. The molecule has 12 aromatic rings. The first-order valence-electron chi connectivity index (χ1n) is 42.7. The van der Waals surface area contributed by atoms with Crippen LogP contribution in [-0.4, -0.2) is 128 Å². The number of carbonyl (C=O) groups is 4. The molecule has 0 spiro atoms. The van der Waals surface area contributed by atoms with E-state index in [0.717, 1.165) is 147 Å². The highest BCUT2D eigenvalue weighted by Crippen LogP contribution is 2.31. The Kier molecular flexibility index (Phi) is 30.9. The van der Waals surface area contributed by atoms with Crippen molar-refractivity contribution >= 4 is 52.1 Å². The number of nitrogens with one attached hydrogen (secondary N) is 1. The number of benzene rings is 8. The summed E-state index contributed by atoms with van der Waals surface area (Å²) in [6.07, 6.45) is 21.0. The van der Waals surface area contributed by atoms with Gasteiger partial charge in [-0.05, 0) is 214 Å². The Balaban J connectivity index is 0.000000142. The first kappa shape index (κ1) is 88.8. The van der Waals surface area contributed by atoms with Gasteiger partial charge in [0.2, 0.25) is 17.8 Å². The molecular formula is C101H108F2N16O5. The van der Waals surface area contributed by atoms with Gasteiger partial charge in [0.15, 0.2) is 0 Å². The van der Waals surface area contributed by atoms with Gasteiger partial charge in [-0.3, -0.25) is 19.2 Å². The number of halogens is 2. The summed E-state index contributed by atoms with van der Waals surface area (Å²) in [6.45, 7) is 22.4. The maximum atomic E-state index is 13.9. The minimum atomic E-state index is -0.361. The number of anilines is 3. The van der Waals surface area contributed by atoms with E-state index in [4.69, 9.17) is 9.72 Å². The van der Waals surface area contributed by atoms with E-state index in [-0.39, 0.29) is 53.7 Å². The first-order chi connectivity index (χ1) is 60.0. The van der Waals surface area contributed by atoms with E-state index in [9.17, 15) is 28.0 Å². The van der Waals surface area contributed by atoms with Gasteiger partial charge in [-0.1, -0.05) is 187 Å². The molecule has 1 N–H and O–H groups in total. The average Bonchev–Trinajstić information content (AvgIpc) is 0.815. The molecule has 3 aliphatic heterocycles. The molecule has 0 amide bonds. The highest BCUT2D eigenvalue weighted by Gasteiger charge is 2.26. The molecule has 0 atom stereocenters. The van der Waals surface area contributed by atoms with Crippen molar-refractivity contribution in [2.24, 2.45) is 0 Å². The van der Waals surface area contributed by atoms with Gasteiger partial charge in [0.1, 0.15) is 89.5 Å². The Morgan fingerprint density at radius 3 is 1.31 bits per heavy atom. The fraction of sp³-hybridized carbons (Fsp3) is 0.327.